The second-order valence-electron chi connectivity index (χ2n) is 4.20. The lowest BCUT2D eigenvalue weighted by Crippen LogP contribution is -1.99. The van der Waals surface area contributed by atoms with Gasteiger partial charge >= 0.3 is 5.97 Å². The third-order valence-corrected chi connectivity index (χ3v) is 2.77. The number of aryl methyl sites for hydroxylation is 1. The van der Waals surface area contributed by atoms with Crippen LogP contribution in [0.15, 0.2) is 36.9 Å². The van der Waals surface area contributed by atoms with E-state index < -0.39 is 5.97 Å². The van der Waals surface area contributed by atoms with Gasteiger partial charge in [-0.2, -0.15) is 5.10 Å². The molecule has 0 aliphatic heterocycles. The van der Waals surface area contributed by atoms with Crippen LogP contribution in [0.25, 0.3) is 16.8 Å². The van der Waals surface area contributed by atoms with Gasteiger partial charge in [-0.3, -0.25) is 4.68 Å². The molecule has 0 amide bonds. The fraction of sp³-hybridized carbons (Fsp3) is 0.143. The van der Waals surface area contributed by atoms with Gasteiger partial charge in [0.2, 0.25) is 0 Å². The molecule has 0 saturated carbocycles. The van der Waals surface area contributed by atoms with Crippen molar-refractivity contribution in [2.75, 3.05) is 0 Å². The van der Waals surface area contributed by atoms with Crippen LogP contribution < -0.4 is 0 Å². The van der Waals surface area contributed by atoms with Crippen LogP contribution in [0.4, 0.5) is 0 Å². The molecule has 0 bridgehead atoms. The Morgan fingerprint density at radius 3 is 2.39 bits per heavy atom. The largest absolute Gasteiger partial charge is 0.476 e. The first-order valence-electron chi connectivity index (χ1n) is 5.52. The van der Waals surface area contributed by atoms with Crippen molar-refractivity contribution in [3.63, 3.8) is 0 Å². The lowest BCUT2D eigenvalue weighted by molar-refractivity contribution is 0.0689. The molecule has 0 radical (unpaired) electrons. The third-order valence-electron chi connectivity index (χ3n) is 2.77. The molecular formula is C14H14N2O2. The molecule has 92 valence electrons. The maximum Gasteiger partial charge on any atom is 0.356 e. The molecule has 0 aliphatic rings. The van der Waals surface area contributed by atoms with E-state index in [2.05, 4.69) is 11.7 Å². The monoisotopic (exact) mass is 242 g/mol. The lowest BCUT2D eigenvalue weighted by atomic mass is 10.0. The number of nitrogens with zero attached hydrogens (tertiary/aromatic N) is 2. The van der Waals surface area contributed by atoms with E-state index in [1.807, 2.05) is 31.2 Å². The highest BCUT2D eigenvalue weighted by molar-refractivity contribution is 5.87. The van der Waals surface area contributed by atoms with Crippen molar-refractivity contribution in [1.29, 1.82) is 0 Å². The molecule has 4 heteroatoms. The van der Waals surface area contributed by atoms with Crippen LogP contribution in [0.3, 0.4) is 0 Å². The van der Waals surface area contributed by atoms with Crippen molar-refractivity contribution in [2.45, 2.75) is 6.92 Å². The van der Waals surface area contributed by atoms with E-state index in [4.69, 9.17) is 5.11 Å². The number of benzene rings is 1. The Balaban J connectivity index is 2.42. The summed E-state index contributed by atoms with van der Waals surface area (Å²) >= 11 is 0. The van der Waals surface area contributed by atoms with Gasteiger partial charge in [0.1, 0.15) is 0 Å². The number of allylic oxidation sites excluding steroid dienone is 1. The predicted molar refractivity (Wildman–Crippen MR) is 70.3 cm³/mol. The maximum atomic E-state index is 10.9. The molecule has 0 aliphatic carbocycles. The molecule has 0 atom stereocenters. The van der Waals surface area contributed by atoms with Gasteiger partial charge in [0.15, 0.2) is 5.69 Å². The number of aromatic nitrogens is 2. The Hall–Kier alpha value is -2.36. The number of hydrogen-bond acceptors (Lipinski definition) is 2. The van der Waals surface area contributed by atoms with Crippen LogP contribution in [0.5, 0.6) is 0 Å². The van der Waals surface area contributed by atoms with Crippen molar-refractivity contribution in [3.05, 3.63) is 48.2 Å². The fourth-order valence-electron chi connectivity index (χ4n) is 1.77. The minimum atomic E-state index is -1.02. The zero-order valence-electron chi connectivity index (χ0n) is 10.3. The van der Waals surface area contributed by atoms with Crippen LogP contribution >= 0.6 is 0 Å². The van der Waals surface area contributed by atoms with E-state index in [0.717, 1.165) is 22.4 Å². The molecular weight excluding hydrogens is 228 g/mol. The molecule has 1 aromatic carbocycles. The molecule has 1 N–H and O–H groups in total. The van der Waals surface area contributed by atoms with Gasteiger partial charge in [0.25, 0.3) is 0 Å². The van der Waals surface area contributed by atoms with E-state index in [-0.39, 0.29) is 5.69 Å². The number of carbonyl (C=O) groups is 1. The standard InChI is InChI=1S/C14H14N2O2/c1-9(2)10-4-6-11(7-5-10)13-8-12(14(17)18)15-16(13)3/h4-8H,1H2,2-3H3,(H,17,18). The molecule has 0 spiro atoms. The number of aromatic carboxylic acids is 1. The van der Waals surface area contributed by atoms with E-state index in [0.29, 0.717) is 0 Å². The van der Waals surface area contributed by atoms with Crippen LogP contribution in [-0.4, -0.2) is 20.9 Å². The summed E-state index contributed by atoms with van der Waals surface area (Å²) in [7, 11) is 1.73. The number of hydrogen-bond donors (Lipinski definition) is 1. The summed E-state index contributed by atoms with van der Waals surface area (Å²) in [5, 5.41) is 12.8. The summed E-state index contributed by atoms with van der Waals surface area (Å²) in [6, 6.07) is 9.37. The molecule has 1 heterocycles. The normalized spacial score (nSPS) is 10.3. The molecule has 1 aromatic heterocycles. The lowest BCUT2D eigenvalue weighted by Gasteiger charge is -2.04. The van der Waals surface area contributed by atoms with Crippen molar-refractivity contribution in [2.24, 2.45) is 7.05 Å². The number of carboxylic acid groups (broad SMARTS) is 1. The van der Waals surface area contributed by atoms with Crippen molar-refractivity contribution < 1.29 is 9.90 Å². The molecule has 0 saturated heterocycles. The Labute approximate surface area is 105 Å². The van der Waals surface area contributed by atoms with Gasteiger partial charge in [0.05, 0.1) is 5.69 Å². The topological polar surface area (TPSA) is 55.1 Å². The Morgan fingerprint density at radius 2 is 1.94 bits per heavy atom. The maximum absolute atomic E-state index is 10.9. The van der Waals surface area contributed by atoms with Gasteiger partial charge in [-0.05, 0) is 24.1 Å². The molecule has 0 unspecified atom stereocenters. The SMILES string of the molecule is C=C(C)c1ccc(-c2cc(C(=O)O)nn2C)cc1. The van der Waals surface area contributed by atoms with Crippen molar-refractivity contribution in [3.8, 4) is 11.3 Å². The highest BCUT2D eigenvalue weighted by Crippen LogP contribution is 2.22. The average molecular weight is 242 g/mol. The van der Waals surface area contributed by atoms with Crippen molar-refractivity contribution >= 4 is 11.5 Å². The Kier molecular flexibility index (Phi) is 3.02. The molecule has 2 rings (SSSR count). The second kappa shape index (κ2) is 4.49. The number of rotatable bonds is 3. The second-order valence-corrected chi connectivity index (χ2v) is 4.20. The smallest absolute Gasteiger partial charge is 0.356 e. The van der Waals surface area contributed by atoms with E-state index in [9.17, 15) is 4.79 Å². The fourth-order valence-corrected chi connectivity index (χ4v) is 1.77. The molecule has 4 nitrogen and oxygen atoms in total. The van der Waals surface area contributed by atoms with Crippen LogP contribution in [0, 0.1) is 0 Å². The molecule has 2 aromatic rings. The average Bonchev–Trinajstić information content (AvgIpc) is 2.71. The quantitative estimate of drug-likeness (QED) is 0.900. The van der Waals surface area contributed by atoms with Gasteiger partial charge in [-0.15, -0.1) is 0 Å². The summed E-state index contributed by atoms with van der Waals surface area (Å²) in [6.45, 7) is 5.82. The predicted octanol–water partition coefficient (Wildman–Crippen LogP) is 2.82. The summed E-state index contributed by atoms with van der Waals surface area (Å²) in [6.07, 6.45) is 0. The summed E-state index contributed by atoms with van der Waals surface area (Å²) < 4.78 is 1.57. The first-order chi connectivity index (χ1) is 8.49. The highest BCUT2D eigenvalue weighted by atomic mass is 16.4. The summed E-state index contributed by atoms with van der Waals surface area (Å²) in [5.74, 6) is -1.02. The van der Waals surface area contributed by atoms with Gasteiger partial charge in [0, 0.05) is 7.05 Å². The first-order valence-corrected chi connectivity index (χ1v) is 5.52. The zero-order valence-corrected chi connectivity index (χ0v) is 10.3. The third kappa shape index (κ3) is 2.18. The first kappa shape index (κ1) is 12.1. The van der Waals surface area contributed by atoms with Crippen LogP contribution in [-0.2, 0) is 7.05 Å². The minimum absolute atomic E-state index is 0.0523. The van der Waals surface area contributed by atoms with Gasteiger partial charge in [-0.25, -0.2) is 4.79 Å². The number of carboxylic acids is 1. The van der Waals surface area contributed by atoms with Crippen LogP contribution in [0.1, 0.15) is 23.0 Å². The summed E-state index contributed by atoms with van der Waals surface area (Å²) in [4.78, 5) is 10.9. The molecule has 0 fully saturated rings. The van der Waals surface area contributed by atoms with Crippen LogP contribution in [0.2, 0.25) is 0 Å². The van der Waals surface area contributed by atoms with E-state index in [1.165, 1.54) is 0 Å². The summed E-state index contributed by atoms with van der Waals surface area (Å²) in [5.41, 5.74) is 3.83. The minimum Gasteiger partial charge on any atom is -0.476 e. The van der Waals surface area contributed by atoms with Crippen molar-refractivity contribution in [1.82, 2.24) is 9.78 Å². The molecule has 18 heavy (non-hydrogen) atoms. The zero-order chi connectivity index (χ0) is 13.3. The highest BCUT2D eigenvalue weighted by Gasteiger charge is 2.12. The van der Waals surface area contributed by atoms with Gasteiger partial charge < -0.3 is 5.11 Å². The van der Waals surface area contributed by atoms with E-state index in [1.54, 1.807) is 17.8 Å². The van der Waals surface area contributed by atoms with Gasteiger partial charge in [-0.1, -0.05) is 36.4 Å². The Bertz CT molecular complexity index is 609. The van der Waals surface area contributed by atoms with E-state index >= 15 is 0 Å². The Morgan fingerprint density at radius 1 is 1.33 bits per heavy atom.